The van der Waals surface area contributed by atoms with Gasteiger partial charge in [-0.2, -0.15) is 13.2 Å². The maximum Gasteiger partial charge on any atom is 0.416 e. The molecule has 0 heterocycles. The average Bonchev–Trinajstić information content (AvgIpc) is 2.65. The van der Waals surface area contributed by atoms with Crippen molar-refractivity contribution in [2.45, 2.75) is 12.3 Å². The van der Waals surface area contributed by atoms with E-state index in [0.29, 0.717) is 6.07 Å². The largest absolute Gasteiger partial charge is 0.491 e. The second kappa shape index (κ2) is 8.86. The van der Waals surface area contributed by atoms with E-state index in [1.807, 2.05) is 0 Å². The molecular formula is C16H12F5N3O6. The molecule has 0 amide bonds. The first-order valence-electron chi connectivity index (χ1n) is 7.94. The molecule has 1 unspecified atom stereocenters. The van der Waals surface area contributed by atoms with E-state index < -0.39 is 69.5 Å². The molecule has 162 valence electrons. The van der Waals surface area contributed by atoms with E-state index >= 15 is 0 Å². The molecule has 0 aromatic heterocycles. The summed E-state index contributed by atoms with van der Waals surface area (Å²) in [7, 11) is 0. The minimum Gasteiger partial charge on any atom is -0.491 e. The maximum atomic E-state index is 13.1. The third-order valence-corrected chi connectivity index (χ3v) is 3.67. The van der Waals surface area contributed by atoms with E-state index in [-0.39, 0.29) is 17.9 Å². The van der Waals surface area contributed by atoms with E-state index in [1.165, 1.54) is 0 Å². The Balaban J connectivity index is 2.18. The molecule has 2 N–H and O–H groups in total. The van der Waals surface area contributed by atoms with Crippen molar-refractivity contribution in [3.05, 3.63) is 67.8 Å². The van der Waals surface area contributed by atoms with Crippen LogP contribution in [-0.2, 0) is 6.18 Å². The van der Waals surface area contributed by atoms with E-state index in [4.69, 9.17) is 4.74 Å². The van der Waals surface area contributed by atoms with Gasteiger partial charge >= 0.3 is 6.18 Å². The molecular weight excluding hydrogens is 425 g/mol. The fraction of sp³-hybridized carbons (Fsp3) is 0.250. The number of hydrogen-bond acceptors (Lipinski definition) is 7. The monoisotopic (exact) mass is 437 g/mol. The number of anilines is 1. The number of nitrogens with zero attached hydrogens (tertiary/aromatic N) is 2. The summed E-state index contributed by atoms with van der Waals surface area (Å²) in [5, 5.41) is 34.3. The number of aliphatic hydroxyl groups is 1. The summed E-state index contributed by atoms with van der Waals surface area (Å²) in [6.07, 6.45) is -6.54. The van der Waals surface area contributed by atoms with Gasteiger partial charge in [-0.1, -0.05) is 0 Å². The van der Waals surface area contributed by atoms with Crippen LogP contribution in [-0.4, -0.2) is 34.2 Å². The van der Waals surface area contributed by atoms with Gasteiger partial charge in [-0.05, 0) is 12.1 Å². The fourth-order valence-electron chi connectivity index (χ4n) is 2.28. The van der Waals surface area contributed by atoms with Gasteiger partial charge in [0.25, 0.3) is 11.4 Å². The van der Waals surface area contributed by atoms with Crippen molar-refractivity contribution in [1.82, 2.24) is 0 Å². The third-order valence-electron chi connectivity index (χ3n) is 3.67. The maximum absolute atomic E-state index is 13.1. The molecule has 0 radical (unpaired) electrons. The van der Waals surface area contributed by atoms with Gasteiger partial charge in [-0.25, -0.2) is 8.78 Å². The Morgan fingerprint density at radius 3 is 2.07 bits per heavy atom. The van der Waals surface area contributed by atoms with Crippen LogP contribution < -0.4 is 10.1 Å². The van der Waals surface area contributed by atoms with Crippen molar-refractivity contribution in [3.8, 4) is 5.75 Å². The van der Waals surface area contributed by atoms with Crippen LogP contribution in [0, 0.1) is 31.9 Å². The fourth-order valence-corrected chi connectivity index (χ4v) is 2.28. The summed E-state index contributed by atoms with van der Waals surface area (Å²) in [5.74, 6) is -2.50. The summed E-state index contributed by atoms with van der Waals surface area (Å²) >= 11 is 0. The number of alkyl halides is 3. The van der Waals surface area contributed by atoms with E-state index in [9.17, 15) is 47.3 Å². The molecule has 2 aromatic carbocycles. The van der Waals surface area contributed by atoms with Crippen LogP contribution in [0.1, 0.15) is 5.56 Å². The number of hydrogen-bond donors (Lipinski definition) is 2. The lowest BCUT2D eigenvalue weighted by molar-refractivity contribution is -0.392. The molecule has 0 fully saturated rings. The zero-order valence-electron chi connectivity index (χ0n) is 14.7. The Kier molecular flexibility index (Phi) is 6.71. The molecule has 0 aliphatic heterocycles. The lowest BCUT2D eigenvalue weighted by atomic mass is 10.1. The number of ether oxygens (including phenoxy) is 1. The summed E-state index contributed by atoms with van der Waals surface area (Å²) in [6.45, 7) is -1.14. The number of halogens is 5. The van der Waals surface area contributed by atoms with Crippen LogP contribution in [0.25, 0.3) is 0 Å². The molecule has 0 spiro atoms. The summed E-state index contributed by atoms with van der Waals surface area (Å²) in [6, 6.07) is 2.77. The van der Waals surface area contributed by atoms with Gasteiger partial charge in [-0.3, -0.25) is 20.2 Å². The molecule has 0 aliphatic carbocycles. The predicted molar refractivity (Wildman–Crippen MR) is 91.1 cm³/mol. The Bertz CT molecular complexity index is 934. The van der Waals surface area contributed by atoms with Crippen LogP contribution in [0.2, 0.25) is 0 Å². The first-order chi connectivity index (χ1) is 13.9. The minimum atomic E-state index is -5.06. The van der Waals surface area contributed by atoms with Crippen molar-refractivity contribution in [2.75, 3.05) is 18.5 Å². The topological polar surface area (TPSA) is 128 Å². The number of aliphatic hydroxyl groups excluding tert-OH is 1. The van der Waals surface area contributed by atoms with Crippen LogP contribution in [0.15, 0.2) is 30.3 Å². The molecule has 0 bridgehead atoms. The van der Waals surface area contributed by atoms with Gasteiger partial charge in [0.2, 0.25) is 0 Å². The number of rotatable bonds is 8. The minimum absolute atomic E-state index is 0.125. The van der Waals surface area contributed by atoms with Crippen molar-refractivity contribution in [2.24, 2.45) is 0 Å². The highest BCUT2D eigenvalue weighted by Gasteiger charge is 2.37. The highest BCUT2D eigenvalue weighted by Crippen LogP contribution is 2.41. The summed E-state index contributed by atoms with van der Waals surface area (Å²) in [4.78, 5) is 19.7. The molecule has 30 heavy (non-hydrogen) atoms. The second-order valence-electron chi connectivity index (χ2n) is 5.82. The number of nitrogens with one attached hydrogen (secondary N) is 1. The average molecular weight is 437 g/mol. The van der Waals surface area contributed by atoms with Gasteiger partial charge in [-0.15, -0.1) is 0 Å². The quantitative estimate of drug-likeness (QED) is 0.367. The zero-order valence-corrected chi connectivity index (χ0v) is 14.7. The Hall–Kier alpha value is -3.55. The number of nitro groups is 2. The summed E-state index contributed by atoms with van der Waals surface area (Å²) in [5.41, 5.74) is -4.87. The highest BCUT2D eigenvalue weighted by molar-refractivity contribution is 5.75. The lowest BCUT2D eigenvalue weighted by Crippen LogP contribution is -2.27. The third kappa shape index (κ3) is 5.50. The second-order valence-corrected chi connectivity index (χ2v) is 5.82. The van der Waals surface area contributed by atoms with Crippen LogP contribution in [0.5, 0.6) is 5.75 Å². The zero-order chi connectivity index (χ0) is 22.6. The van der Waals surface area contributed by atoms with Gasteiger partial charge < -0.3 is 15.2 Å². The highest BCUT2D eigenvalue weighted by atomic mass is 19.4. The van der Waals surface area contributed by atoms with Crippen molar-refractivity contribution in [1.29, 1.82) is 0 Å². The number of nitro benzene ring substituents is 2. The normalized spacial score (nSPS) is 12.3. The van der Waals surface area contributed by atoms with Crippen LogP contribution >= 0.6 is 0 Å². The molecule has 14 heteroatoms. The van der Waals surface area contributed by atoms with Gasteiger partial charge in [0.15, 0.2) is 17.3 Å². The number of benzene rings is 2. The summed E-state index contributed by atoms with van der Waals surface area (Å²) < 4.78 is 69.5. The lowest BCUT2D eigenvalue weighted by Gasteiger charge is -2.15. The van der Waals surface area contributed by atoms with Crippen molar-refractivity contribution < 1.29 is 41.6 Å². The standard InChI is InChI=1S/C16H12F5N3O6/c17-11-2-1-10(5-12(11)18)30-7-9(25)6-22-15-13(23(26)27)3-8(16(19,20)21)4-14(15)24(28)29/h1-5,9,22,25H,6-7H2. The Morgan fingerprint density at radius 2 is 1.60 bits per heavy atom. The predicted octanol–water partition coefficient (Wildman–Crippen LogP) is 3.65. The molecule has 0 saturated carbocycles. The van der Waals surface area contributed by atoms with Gasteiger partial charge in [0.1, 0.15) is 18.5 Å². The van der Waals surface area contributed by atoms with E-state index in [2.05, 4.69) is 5.32 Å². The van der Waals surface area contributed by atoms with Gasteiger partial charge in [0.05, 0.1) is 15.4 Å². The molecule has 2 aromatic rings. The first kappa shape index (κ1) is 22.7. The molecule has 0 aliphatic rings. The van der Waals surface area contributed by atoms with Crippen molar-refractivity contribution >= 4 is 17.1 Å². The SMILES string of the molecule is O=[N+]([O-])c1cc(C(F)(F)F)cc([N+](=O)[O-])c1NCC(O)COc1ccc(F)c(F)c1. The van der Waals surface area contributed by atoms with E-state index in [1.54, 1.807) is 0 Å². The van der Waals surface area contributed by atoms with E-state index in [0.717, 1.165) is 12.1 Å². The molecule has 1 atom stereocenters. The Morgan fingerprint density at radius 1 is 1.03 bits per heavy atom. The molecule has 0 saturated heterocycles. The Labute approximate surface area is 164 Å². The van der Waals surface area contributed by atoms with Crippen LogP contribution in [0.4, 0.5) is 39.0 Å². The molecule has 9 nitrogen and oxygen atoms in total. The smallest absolute Gasteiger partial charge is 0.416 e. The van der Waals surface area contributed by atoms with Crippen molar-refractivity contribution in [3.63, 3.8) is 0 Å². The van der Waals surface area contributed by atoms with Crippen LogP contribution in [0.3, 0.4) is 0 Å². The molecule has 2 rings (SSSR count). The first-order valence-corrected chi connectivity index (χ1v) is 7.94. The van der Waals surface area contributed by atoms with Gasteiger partial charge in [0, 0.05) is 24.7 Å².